The van der Waals surface area contributed by atoms with Crippen molar-refractivity contribution in [1.29, 1.82) is 0 Å². The molecule has 160 valence electrons. The molecular formula is C24H26N4O2S. The fraction of sp³-hybridized carbons (Fsp3) is 0.333. The summed E-state index contributed by atoms with van der Waals surface area (Å²) in [5, 5.41) is 9.36. The van der Waals surface area contributed by atoms with Crippen LogP contribution in [0.25, 0.3) is 11.3 Å². The zero-order chi connectivity index (χ0) is 22.0. The van der Waals surface area contributed by atoms with Crippen molar-refractivity contribution in [2.75, 3.05) is 10.7 Å². The molecule has 0 radical (unpaired) electrons. The summed E-state index contributed by atoms with van der Waals surface area (Å²) in [6, 6.07) is 13.8. The predicted octanol–water partition coefficient (Wildman–Crippen LogP) is 5.49. The van der Waals surface area contributed by atoms with Gasteiger partial charge in [0.15, 0.2) is 5.69 Å². The van der Waals surface area contributed by atoms with Gasteiger partial charge in [-0.05, 0) is 31.9 Å². The van der Waals surface area contributed by atoms with Crippen molar-refractivity contribution in [1.82, 2.24) is 15.2 Å². The summed E-state index contributed by atoms with van der Waals surface area (Å²) < 4.78 is 6.45. The number of anilines is 1. The van der Waals surface area contributed by atoms with Crippen LogP contribution >= 0.6 is 11.8 Å². The topological polar surface area (TPSA) is 68.2 Å². The number of fused-ring (bicyclic) bond motifs is 3. The Morgan fingerprint density at radius 1 is 1.16 bits per heavy atom. The Morgan fingerprint density at radius 2 is 1.97 bits per heavy atom. The van der Waals surface area contributed by atoms with E-state index < -0.39 is 6.23 Å². The second-order valence-corrected chi connectivity index (χ2v) is 8.75. The van der Waals surface area contributed by atoms with Crippen molar-refractivity contribution in [2.45, 2.75) is 51.9 Å². The molecule has 0 aliphatic carbocycles. The molecule has 1 aliphatic heterocycles. The number of carbonyl (C=O) groups excluding carboxylic acids is 1. The zero-order valence-corrected chi connectivity index (χ0v) is 19.1. The van der Waals surface area contributed by atoms with Crippen LogP contribution in [0.5, 0.6) is 5.88 Å². The largest absolute Gasteiger partial charge is 0.447 e. The van der Waals surface area contributed by atoms with Crippen LogP contribution in [0.2, 0.25) is 0 Å². The number of hydrogen-bond acceptors (Lipinski definition) is 6. The maximum absolute atomic E-state index is 12.9. The number of aryl methyl sites for hydroxylation is 2. The number of benzene rings is 2. The lowest BCUT2D eigenvalue weighted by Gasteiger charge is -2.30. The third-order valence-corrected chi connectivity index (χ3v) is 6.20. The van der Waals surface area contributed by atoms with Gasteiger partial charge in [0.2, 0.25) is 23.2 Å². The van der Waals surface area contributed by atoms with Crippen LogP contribution in [0.3, 0.4) is 0 Å². The fourth-order valence-corrected chi connectivity index (χ4v) is 4.59. The van der Waals surface area contributed by atoms with Gasteiger partial charge in [-0.15, -0.1) is 10.2 Å². The van der Waals surface area contributed by atoms with Crippen LogP contribution in [0.15, 0.2) is 47.6 Å². The first-order valence-electron chi connectivity index (χ1n) is 10.5. The first-order valence-corrected chi connectivity index (χ1v) is 11.5. The number of unbranched alkanes of at least 4 members (excludes halogenated alkanes) is 1. The van der Waals surface area contributed by atoms with Gasteiger partial charge in [0, 0.05) is 23.8 Å². The molecule has 0 fully saturated rings. The summed E-state index contributed by atoms with van der Waals surface area (Å²) in [5.41, 5.74) is 5.20. The van der Waals surface area contributed by atoms with Gasteiger partial charge >= 0.3 is 0 Å². The minimum absolute atomic E-state index is 0.115. The molecule has 2 heterocycles. The van der Waals surface area contributed by atoms with Gasteiger partial charge in [-0.1, -0.05) is 67.1 Å². The lowest BCUT2D eigenvalue weighted by atomic mass is 10.0. The van der Waals surface area contributed by atoms with Crippen LogP contribution < -0.4 is 9.64 Å². The minimum atomic E-state index is -0.648. The highest BCUT2D eigenvalue weighted by Crippen LogP contribution is 2.43. The zero-order valence-electron chi connectivity index (χ0n) is 18.3. The number of amides is 1. The standard InChI is InChI=1S/C24H26N4O2S/c1-5-6-13-31-24-25-22-21(26-27-24)19-9-7-8-10-20(19)28(17(4)29)23(30-22)18-12-11-15(2)14-16(18)3/h7-12,14,23H,5-6,13H2,1-4H3/t23-/m0/s1. The van der Waals surface area contributed by atoms with Crippen LogP contribution in [-0.4, -0.2) is 26.8 Å². The molecule has 0 saturated heterocycles. The maximum atomic E-state index is 12.9. The van der Waals surface area contributed by atoms with Crippen molar-refractivity contribution in [3.05, 3.63) is 59.2 Å². The van der Waals surface area contributed by atoms with E-state index in [0.717, 1.165) is 46.5 Å². The van der Waals surface area contributed by atoms with Crippen molar-refractivity contribution < 1.29 is 9.53 Å². The third kappa shape index (κ3) is 4.28. The highest BCUT2D eigenvalue weighted by molar-refractivity contribution is 7.99. The number of aromatic nitrogens is 3. The number of para-hydroxylation sites is 1. The van der Waals surface area contributed by atoms with Gasteiger partial charge in [0.05, 0.1) is 5.69 Å². The molecule has 6 nitrogen and oxygen atoms in total. The molecular weight excluding hydrogens is 408 g/mol. The normalized spacial score (nSPS) is 15.0. The van der Waals surface area contributed by atoms with Crippen molar-refractivity contribution in [2.24, 2.45) is 0 Å². The number of ether oxygens (including phenoxy) is 1. The Bertz CT molecular complexity index is 1120. The first-order chi connectivity index (χ1) is 15.0. The van der Waals surface area contributed by atoms with Crippen molar-refractivity contribution >= 4 is 23.4 Å². The first kappa shape index (κ1) is 21.3. The Balaban J connectivity index is 1.87. The van der Waals surface area contributed by atoms with Crippen LogP contribution in [0.1, 0.15) is 49.6 Å². The predicted molar refractivity (Wildman–Crippen MR) is 123 cm³/mol. The average molecular weight is 435 g/mol. The molecule has 1 atom stereocenters. The highest BCUT2D eigenvalue weighted by atomic mass is 32.2. The molecule has 0 bridgehead atoms. The van der Waals surface area contributed by atoms with E-state index in [2.05, 4.69) is 35.1 Å². The van der Waals surface area contributed by atoms with Crippen LogP contribution in [0.4, 0.5) is 5.69 Å². The Kier molecular flexibility index (Phi) is 6.23. The van der Waals surface area contributed by atoms with E-state index in [1.54, 1.807) is 23.6 Å². The van der Waals surface area contributed by atoms with Gasteiger partial charge in [0.1, 0.15) is 0 Å². The summed E-state index contributed by atoms with van der Waals surface area (Å²) >= 11 is 1.57. The van der Waals surface area contributed by atoms with Crippen molar-refractivity contribution in [3.8, 4) is 17.1 Å². The van der Waals surface area contributed by atoms with E-state index in [0.29, 0.717) is 16.7 Å². The Labute approximate surface area is 187 Å². The molecule has 0 N–H and O–H groups in total. The number of nitrogens with zero attached hydrogens (tertiary/aromatic N) is 4. The van der Waals surface area contributed by atoms with E-state index in [-0.39, 0.29) is 5.91 Å². The quantitative estimate of drug-likeness (QED) is 0.391. The lowest BCUT2D eigenvalue weighted by molar-refractivity contribution is -0.118. The lowest BCUT2D eigenvalue weighted by Crippen LogP contribution is -2.36. The smallest absolute Gasteiger partial charge is 0.247 e. The summed E-state index contributed by atoms with van der Waals surface area (Å²) in [4.78, 5) is 19.2. The van der Waals surface area contributed by atoms with Gasteiger partial charge in [-0.2, -0.15) is 4.98 Å². The van der Waals surface area contributed by atoms with E-state index >= 15 is 0 Å². The van der Waals surface area contributed by atoms with Crippen LogP contribution in [-0.2, 0) is 4.79 Å². The fourth-order valence-electron chi connectivity index (χ4n) is 3.73. The number of hydrogen-bond donors (Lipinski definition) is 0. The molecule has 1 aromatic heterocycles. The van der Waals surface area contributed by atoms with E-state index in [1.807, 2.05) is 43.3 Å². The molecule has 1 aliphatic rings. The van der Waals surface area contributed by atoms with Gasteiger partial charge in [0.25, 0.3) is 0 Å². The summed E-state index contributed by atoms with van der Waals surface area (Å²) in [7, 11) is 0. The van der Waals surface area contributed by atoms with Gasteiger partial charge < -0.3 is 4.74 Å². The third-order valence-electron chi connectivity index (χ3n) is 5.27. The molecule has 1 amide bonds. The minimum Gasteiger partial charge on any atom is -0.447 e. The van der Waals surface area contributed by atoms with E-state index in [4.69, 9.17) is 4.74 Å². The number of thioether (sulfide) groups is 1. The number of carbonyl (C=O) groups is 1. The maximum Gasteiger partial charge on any atom is 0.247 e. The second kappa shape index (κ2) is 9.06. The summed E-state index contributed by atoms with van der Waals surface area (Å²) in [5.74, 6) is 1.21. The molecule has 4 rings (SSSR count). The highest BCUT2D eigenvalue weighted by Gasteiger charge is 2.35. The van der Waals surface area contributed by atoms with Crippen molar-refractivity contribution in [3.63, 3.8) is 0 Å². The molecule has 3 aromatic rings. The molecule has 7 heteroatoms. The molecule has 31 heavy (non-hydrogen) atoms. The Hall–Kier alpha value is -2.93. The summed E-state index contributed by atoms with van der Waals surface area (Å²) in [6.07, 6.45) is 1.54. The van der Waals surface area contributed by atoms with E-state index in [1.165, 1.54) is 0 Å². The van der Waals surface area contributed by atoms with Gasteiger partial charge in [-0.25, -0.2) is 0 Å². The summed E-state index contributed by atoms with van der Waals surface area (Å²) in [6.45, 7) is 7.79. The molecule has 0 saturated carbocycles. The number of rotatable bonds is 5. The monoisotopic (exact) mass is 434 g/mol. The SMILES string of the molecule is CCCCSc1nnc2c(n1)O[C@@H](c1ccc(C)cc1C)N(C(C)=O)c1ccccc1-2. The molecule has 0 unspecified atom stereocenters. The van der Waals surface area contributed by atoms with Gasteiger partial charge in [-0.3, -0.25) is 9.69 Å². The molecule has 0 spiro atoms. The second-order valence-electron chi connectivity index (χ2n) is 7.69. The van der Waals surface area contributed by atoms with E-state index in [9.17, 15) is 4.79 Å². The average Bonchev–Trinajstić information content (AvgIpc) is 2.88. The van der Waals surface area contributed by atoms with Crippen LogP contribution in [0, 0.1) is 13.8 Å². The Morgan fingerprint density at radius 3 is 2.71 bits per heavy atom. The molecule has 2 aromatic carbocycles.